The van der Waals surface area contributed by atoms with E-state index in [2.05, 4.69) is 45.9 Å². The molecule has 0 N–H and O–H groups in total. The van der Waals surface area contributed by atoms with Crippen molar-refractivity contribution in [2.75, 3.05) is 31.6 Å². The Morgan fingerprint density at radius 3 is 2.95 bits per heavy atom. The van der Waals surface area contributed by atoms with Crippen molar-refractivity contribution in [2.24, 2.45) is 0 Å². The first-order chi connectivity index (χ1) is 10.7. The maximum atomic E-state index is 4.62. The van der Waals surface area contributed by atoms with Crippen molar-refractivity contribution in [2.45, 2.75) is 58.3 Å². The summed E-state index contributed by atoms with van der Waals surface area (Å²) in [7, 11) is 0. The van der Waals surface area contributed by atoms with E-state index in [1.165, 1.54) is 55.9 Å². The fraction of sp³-hybridized carbons (Fsp3) is 0.824. The van der Waals surface area contributed by atoms with Gasteiger partial charge in [-0.05, 0) is 51.7 Å². The zero-order valence-corrected chi connectivity index (χ0v) is 15.1. The quantitative estimate of drug-likeness (QED) is 0.803. The van der Waals surface area contributed by atoms with E-state index in [1.54, 1.807) is 0 Å². The predicted molar refractivity (Wildman–Crippen MR) is 94.4 cm³/mol. The fourth-order valence-corrected chi connectivity index (χ4v) is 4.47. The number of nitrogens with zero attached hydrogens (tertiary/aromatic N) is 4. The van der Waals surface area contributed by atoms with Gasteiger partial charge in [-0.15, -0.1) is 0 Å². The SMILES string of the molecule is CCn1cc(CN2C[C@@H]3CCCN3C[C@H]2CCSC)c(C)n1. The van der Waals surface area contributed by atoms with Gasteiger partial charge in [-0.1, -0.05) is 0 Å². The molecule has 5 heteroatoms. The summed E-state index contributed by atoms with van der Waals surface area (Å²) in [5, 5.41) is 4.62. The van der Waals surface area contributed by atoms with Gasteiger partial charge in [0.1, 0.15) is 0 Å². The molecule has 0 aliphatic carbocycles. The van der Waals surface area contributed by atoms with Crippen molar-refractivity contribution in [3.63, 3.8) is 0 Å². The average molecular weight is 323 g/mol. The lowest BCUT2D eigenvalue weighted by Crippen LogP contribution is -2.55. The highest BCUT2D eigenvalue weighted by Gasteiger charge is 2.36. The second kappa shape index (κ2) is 7.37. The summed E-state index contributed by atoms with van der Waals surface area (Å²) in [6, 6.07) is 1.51. The number of piperazine rings is 1. The van der Waals surface area contributed by atoms with E-state index >= 15 is 0 Å². The van der Waals surface area contributed by atoms with Gasteiger partial charge in [0.2, 0.25) is 0 Å². The number of aromatic nitrogens is 2. The highest BCUT2D eigenvalue weighted by molar-refractivity contribution is 7.98. The predicted octanol–water partition coefficient (Wildman–Crippen LogP) is 2.61. The number of aryl methyl sites for hydroxylation is 2. The molecule has 2 aliphatic rings. The van der Waals surface area contributed by atoms with Crippen molar-refractivity contribution < 1.29 is 0 Å². The van der Waals surface area contributed by atoms with Crippen molar-refractivity contribution in [3.8, 4) is 0 Å². The van der Waals surface area contributed by atoms with Crippen LogP contribution in [-0.4, -0.2) is 63.3 Å². The molecule has 3 rings (SSSR count). The van der Waals surface area contributed by atoms with Crippen molar-refractivity contribution in [1.29, 1.82) is 0 Å². The molecule has 124 valence electrons. The second-order valence-electron chi connectivity index (χ2n) is 6.75. The Kier molecular flexibility index (Phi) is 5.47. The lowest BCUT2D eigenvalue weighted by Gasteiger charge is -2.43. The summed E-state index contributed by atoms with van der Waals surface area (Å²) in [6.45, 7) is 10.2. The van der Waals surface area contributed by atoms with Crippen LogP contribution < -0.4 is 0 Å². The Bertz CT molecular complexity index is 487. The minimum Gasteiger partial charge on any atom is -0.298 e. The van der Waals surface area contributed by atoms with Crippen LogP contribution in [0.1, 0.15) is 37.4 Å². The third kappa shape index (κ3) is 3.52. The van der Waals surface area contributed by atoms with Crippen LogP contribution in [0.2, 0.25) is 0 Å². The van der Waals surface area contributed by atoms with Crippen molar-refractivity contribution >= 4 is 11.8 Å². The Balaban J connectivity index is 1.71. The lowest BCUT2D eigenvalue weighted by molar-refractivity contribution is 0.0441. The average Bonchev–Trinajstić information content (AvgIpc) is 3.11. The Hall–Kier alpha value is -0.520. The van der Waals surface area contributed by atoms with Gasteiger partial charge in [0.15, 0.2) is 0 Å². The Morgan fingerprint density at radius 2 is 2.23 bits per heavy atom. The van der Waals surface area contributed by atoms with Crippen LogP contribution >= 0.6 is 11.8 Å². The number of rotatable bonds is 6. The molecule has 0 unspecified atom stereocenters. The van der Waals surface area contributed by atoms with E-state index in [1.807, 2.05) is 11.8 Å². The smallest absolute Gasteiger partial charge is 0.0638 e. The maximum Gasteiger partial charge on any atom is 0.0638 e. The summed E-state index contributed by atoms with van der Waals surface area (Å²) in [4.78, 5) is 5.48. The van der Waals surface area contributed by atoms with Gasteiger partial charge in [-0.3, -0.25) is 14.5 Å². The molecule has 2 atom stereocenters. The number of hydrogen-bond donors (Lipinski definition) is 0. The van der Waals surface area contributed by atoms with Crippen LogP contribution in [0.15, 0.2) is 6.20 Å². The largest absolute Gasteiger partial charge is 0.298 e. The summed E-state index contributed by atoms with van der Waals surface area (Å²) in [5.74, 6) is 1.27. The van der Waals surface area contributed by atoms with Crippen LogP contribution in [0.25, 0.3) is 0 Å². The maximum absolute atomic E-state index is 4.62. The molecule has 2 aliphatic heterocycles. The topological polar surface area (TPSA) is 24.3 Å². The van der Waals surface area contributed by atoms with Crippen molar-refractivity contribution in [1.82, 2.24) is 19.6 Å². The summed E-state index contributed by atoms with van der Waals surface area (Å²) >= 11 is 1.98. The third-order valence-corrected chi connectivity index (χ3v) is 5.95. The van der Waals surface area contributed by atoms with E-state index in [-0.39, 0.29) is 0 Å². The molecular formula is C17H30N4S. The molecule has 3 heterocycles. The van der Waals surface area contributed by atoms with Gasteiger partial charge >= 0.3 is 0 Å². The summed E-state index contributed by atoms with van der Waals surface area (Å²) in [5.41, 5.74) is 2.63. The second-order valence-corrected chi connectivity index (χ2v) is 7.74. The standard InChI is InChI=1S/C17H30N4S/c1-4-21-11-15(14(2)18-21)10-20-13-16-6-5-8-19(16)12-17(20)7-9-22-3/h11,16-17H,4-10,12-13H2,1-3H3/t16-,17+/m0/s1. The van der Waals surface area contributed by atoms with Gasteiger partial charge in [-0.25, -0.2) is 0 Å². The number of hydrogen-bond acceptors (Lipinski definition) is 4. The van der Waals surface area contributed by atoms with Gasteiger partial charge < -0.3 is 0 Å². The van der Waals surface area contributed by atoms with E-state index in [4.69, 9.17) is 0 Å². The first-order valence-electron chi connectivity index (χ1n) is 8.71. The molecule has 2 saturated heterocycles. The van der Waals surface area contributed by atoms with Crippen LogP contribution in [-0.2, 0) is 13.1 Å². The molecule has 0 saturated carbocycles. The minimum absolute atomic E-state index is 0.714. The molecule has 2 fully saturated rings. The zero-order chi connectivity index (χ0) is 15.5. The normalized spacial score (nSPS) is 26.5. The summed E-state index contributed by atoms with van der Waals surface area (Å²) in [6.07, 6.45) is 8.56. The third-order valence-electron chi connectivity index (χ3n) is 5.31. The molecule has 0 amide bonds. The van der Waals surface area contributed by atoms with Gasteiger partial charge in [-0.2, -0.15) is 16.9 Å². The van der Waals surface area contributed by atoms with Crippen LogP contribution in [0, 0.1) is 6.92 Å². The van der Waals surface area contributed by atoms with Crippen LogP contribution in [0.3, 0.4) is 0 Å². The lowest BCUT2D eigenvalue weighted by atomic mass is 10.0. The van der Waals surface area contributed by atoms with E-state index in [0.717, 1.165) is 19.1 Å². The van der Waals surface area contributed by atoms with E-state index in [9.17, 15) is 0 Å². The molecule has 0 spiro atoms. The summed E-state index contributed by atoms with van der Waals surface area (Å²) < 4.78 is 2.08. The molecule has 1 aromatic heterocycles. The van der Waals surface area contributed by atoms with E-state index in [0.29, 0.717) is 6.04 Å². The van der Waals surface area contributed by atoms with Crippen molar-refractivity contribution in [3.05, 3.63) is 17.5 Å². The molecule has 22 heavy (non-hydrogen) atoms. The first-order valence-corrected chi connectivity index (χ1v) is 10.1. The minimum atomic E-state index is 0.714. The Morgan fingerprint density at radius 1 is 1.36 bits per heavy atom. The Labute approximate surface area is 139 Å². The van der Waals surface area contributed by atoms with Gasteiger partial charge in [0.05, 0.1) is 5.69 Å². The van der Waals surface area contributed by atoms with Gasteiger partial charge in [0, 0.05) is 50.0 Å². The number of thioether (sulfide) groups is 1. The first kappa shape index (κ1) is 16.3. The highest BCUT2D eigenvalue weighted by Crippen LogP contribution is 2.28. The molecule has 4 nitrogen and oxygen atoms in total. The van der Waals surface area contributed by atoms with Gasteiger partial charge in [0.25, 0.3) is 0 Å². The molecule has 0 aromatic carbocycles. The fourth-order valence-electron chi connectivity index (χ4n) is 3.96. The highest BCUT2D eigenvalue weighted by atomic mass is 32.2. The molecule has 0 bridgehead atoms. The monoisotopic (exact) mass is 322 g/mol. The zero-order valence-electron chi connectivity index (χ0n) is 14.3. The molecular weight excluding hydrogens is 292 g/mol. The molecule has 0 radical (unpaired) electrons. The molecule has 1 aromatic rings. The van der Waals surface area contributed by atoms with Crippen LogP contribution in [0.4, 0.5) is 0 Å². The number of fused-ring (bicyclic) bond motifs is 1. The van der Waals surface area contributed by atoms with Crippen LogP contribution in [0.5, 0.6) is 0 Å². The van der Waals surface area contributed by atoms with E-state index < -0.39 is 0 Å².